The van der Waals surface area contributed by atoms with Gasteiger partial charge in [0.15, 0.2) is 5.96 Å². The molecule has 0 aliphatic rings. The summed E-state index contributed by atoms with van der Waals surface area (Å²) in [4.78, 5) is 14.4. The Bertz CT molecular complexity index is 515. The predicted molar refractivity (Wildman–Crippen MR) is 82.4 cm³/mol. The van der Waals surface area contributed by atoms with Crippen molar-refractivity contribution >= 4 is 11.6 Å². The lowest BCUT2D eigenvalue weighted by Crippen LogP contribution is -2.45. The Morgan fingerprint density at radius 1 is 1.43 bits per heavy atom. The fourth-order valence-corrected chi connectivity index (χ4v) is 1.56. The van der Waals surface area contributed by atoms with E-state index in [0.29, 0.717) is 19.0 Å². The second-order valence-electron chi connectivity index (χ2n) is 5.17. The number of non-ortho nitro benzene ring substituents is 1. The van der Waals surface area contributed by atoms with Gasteiger partial charge in [-0.3, -0.25) is 15.1 Å². The number of benzene rings is 1. The minimum absolute atomic E-state index is 0.0813. The zero-order chi connectivity index (χ0) is 15.9. The summed E-state index contributed by atoms with van der Waals surface area (Å²) in [5.74, 6) is 0.617. The SMILES string of the molecule is CN=C(NCc1cccc([N+](=O)[O-])c1)NCC(C)(C)OC. The third-order valence-corrected chi connectivity index (χ3v) is 3.04. The van der Waals surface area contributed by atoms with Crippen LogP contribution in [0, 0.1) is 10.1 Å². The van der Waals surface area contributed by atoms with Crippen molar-refractivity contribution in [3.05, 3.63) is 39.9 Å². The maximum Gasteiger partial charge on any atom is 0.269 e. The lowest BCUT2D eigenvalue weighted by Gasteiger charge is -2.24. The van der Waals surface area contributed by atoms with Crippen molar-refractivity contribution in [2.24, 2.45) is 4.99 Å². The molecule has 0 radical (unpaired) electrons. The van der Waals surface area contributed by atoms with Crippen molar-refractivity contribution < 1.29 is 9.66 Å². The summed E-state index contributed by atoms with van der Waals surface area (Å²) in [7, 11) is 3.32. The summed E-state index contributed by atoms with van der Waals surface area (Å²) in [6, 6.07) is 6.50. The molecule has 116 valence electrons. The molecule has 1 aromatic rings. The number of methoxy groups -OCH3 is 1. The van der Waals surface area contributed by atoms with Crippen LogP contribution < -0.4 is 10.6 Å². The molecule has 0 amide bonds. The molecule has 0 bridgehead atoms. The number of aliphatic imine (C=N–C) groups is 1. The van der Waals surface area contributed by atoms with Crippen LogP contribution in [0.5, 0.6) is 0 Å². The van der Waals surface area contributed by atoms with E-state index in [-0.39, 0.29) is 11.3 Å². The van der Waals surface area contributed by atoms with E-state index in [1.807, 2.05) is 19.9 Å². The highest BCUT2D eigenvalue weighted by molar-refractivity contribution is 5.79. The number of ether oxygens (including phenoxy) is 1. The fourth-order valence-electron chi connectivity index (χ4n) is 1.56. The molecule has 7 heteroatoms. The Balaban J connectivity index is 2.56. The number of nitro groups is 1. The summed E-state index contributed by atoms with van der Waals surface area (Å²) in [5, 5.41) is 17.0. The van der Waals surface area contributed by atoms with E-state index in [9.17, 15) is 10.1 Å². The normalized spacial score (nSPS) is 12.1. The van der Waals surface area contributed by atoms with Crippen LogP contribution in [0.25, 0.3) is 0 Å². The Labute approximate surface area is 124 Å². The van der Waals surface area contributed by atoms with Crippen molar-refractivity contribution in [3.63, 3.8) is 0 Å². The standard InChI is InChI=1S/C14H22N4O3/c1-14(2,21-4)10-17-13(15-3)16-9-11-6-5-7-12(8-11)18(19)20/h5-8H,9-10H2,1-4H3,(H2,15,16,17). The van der Waals surface area contributed by atoms with Gasteiger partial charge in [-0.1, -0.05) is 12.1 Å². The molecule has 1 rings (SSSR count). The summed E-state index contributed by atoms with van der Waals surface area (Å²) < 4.78 is 5.32. The molecule has 1 aromatic carbocycles. The van der Waals surface area contributed by atoms with Crippen molar-refractivity contribution in [2.75, 3.05) is 20.7 Å². The van der Waals surface area contributed by atoms with Crippen LogP contribution in [0.1, 0.15) is 19.4 Å². The number of hydrogen-bond acceptors (Lipinski definition) is 4. The van der Waals surface area contributed by atoms with Gasteiger partial charge < -0.3 is 15.4 Å². The number of nitrogens with one attached hydrogen (secondary N) is 2. The van der Waals surface area contributed by atoms with Crippen LogP contribution >= 0.6 is 0 Å². The Kier molecular flexibility index (Phi) is 6.10. The molecule has 0 unspecified atom stereocenters. The van der Waals surface area contributed by atoms with Crippen molar-refractivity contribution in [2.45, 2.75) is 26.0 Å². The van der Waals surface area contributed by atoms with Gasteiger partial charge in [0.25, 0.3) is 5.69 Å². The number of nitro benzene ring substituents is 1. The van der Waals surface area contributed by atoms with Gasteiger partial charge in [0.05, 0.1) is 10.5 Å². The summed E-state index contributed by atoms with van der Waals surface area (Å²) in [6.45, 7) is 4.98. The van der Waals surface area contributed by atoms with Crippen LogP contribution in [0.2, 0.25) is 0 Å². The predicted octanol–water partition coefficient (Wildman–Crippen LogP) is 1.68. The molecule has 2 N–H and O–H groups in total. The molecule has 0 fully saturated rings. The van der Waals surface area contributed by atoms with Gasteiger partial charge in [-0.15, -0.1) is 0 Å². The lowest BCUT2D eigenvalue weighted by atomic mass is 10.1. The molecule has 0 heterocycles. The molecule has 21 heavy (non-hydrogen) atoms. The van der Waals surface area contributed by atoms with Crippen molar-refractivity contribution in [3.8, 4) is 0 Å². The third-order valence-electron chi connectivity index (χ3n) is 3.04. The van der Waals surface area contributed by atoms with Gasteiger partial charge in [-0.05, 0) is 19.4 Å². The van der Waals surface area contributed by atoms with E-state index in [1.54, 1.807) is 26.3 Å². The second kappa shape index (κ2) is 7.58. The minimum Gasteiger partial charge on any atom is -0.377 e. The first-order valence-electron chi connectivity index (χ1n) is 6.61. The van der Waals surface area contributed by atoms with Gasteiger partial charge in [0, 0.05) is 39.4 Å². The largest absolute Gasteiger partial charge is 0.377 e. The smallest absolute Gasteiger partial charge is 0.269 e. The molecule has 0 saturated carbocycles. The van der Waals surface area contributed by atoms with Crippen molar-refractivity contribution in [1.82, 2.24) is 10.6 Å². The number of nitrogens with zero attached hydrogens (tertiary/aromatic N) is 2. The third kappa shape index (κ3) is 5.78. The van der Waals surface area contributed by atoms with Gasteiger partial charge in [-0.25, -0.2) is 0 Å². The molecule has 0 saturated heterocycles. The van der Waals surface area contributed by atoms with Gasteiger partial charge in [0.2, 0.25) is 0 Å². The van der Waals surface area contributed by atoms with Crippen LogP contribution in [0.15, 0.2) is 29.3 Å². The first-order chi connectivity index (χ1) is 9.88. The molecular formula is C14H22N4O3. The lowest BCUT2D eigenvalue weighted by molar-refractivity contribution is -0.384. The van der Waals surface area contributed by atoms with Gasteiger partial charge in [0.1, 0.15) is 0 Å². The average Bonchev–Trinajstić information content (AvgIpc) is 2.47. The number of rotatable bonds is 6. The highest BCUT2D eigenvalue weighted by atomic mass is 16.6. The van der Waals surface area contributed by atoms with Crippen LogP contribution in [-0.2, 0) is 11.3 Å². The Morgan fingerprint density at radius 2 is 2.14 bits per heavy atom. The number of guanidine groups is 1. The van der Waals surface area contributed by atoms with Crippen LogP contribution in [-0.4, -0.2) is 37.2 Å². The Hall–Kier alpha value is -2.15. The van der Waals surface area contributed by atoms with Gasteiger partial charge >= 0.3 is 0 Å². The number of hydrogen-bond donors (Lipinski definition) is 2. The Morgan fingerprint density at radius 3 is 2.71 bits per heavy atom. The maximum absolute atomic E-state index is 10.7. The molecule has 0 aromatic heterocycles. The molecule has 0 atom stereocenters. The highest BCUT2D eigenvalue weighted by Crippen LogP contribution is 2.12. The quantitative estimate of drug-likeness (QED) is 0.361. The zero-order valence-corrected chi connectivity index (χ0v) is 12.8. The zero-order valence-electron chi connectivity index (χ0n) is 12.8. The van der Waals surface area contributed by atoms with Crippen molar-refractivity contribution in [1.29, 1.82) is 0 Å². The second-order valence-corrected chi connectivity index (χ2v) is 5.17. The molecule has 7 nitrogen and oxygen atoms in total. The van der Waals surface area contributed by atoms with Crippen LogP contribution in [0.4, 0.5) is 5.69 Å². The van der Waals surface area contributed by atoms with E-state index in [4.69, 9.17) is 4.74 Å². The monoisotopic (exact) mass is 294 g/mol. The van der Waals surface area contributed by atoms with E-state index >= 15 is 0 Å². The molecule has 0 spiro atoms. The summed E-state index contributed by atoms with van der Waals surface area (Å²) in [5.41, 5.74) is 0.597. The van der Waals surface area contributed by atoms with E-state index in [2.05, 4.69) is 15.6 Å². The molecule has 0 aliphatic carbocycles. The van der Waals surface area contributed by atoms with Crippen LogP contribution in [0.3, 0.4) is 0 Å². The average molecular weight is 294 g/mol. The first kappa shape index (κ1) is 16.9. The molecular weight excluding hydrogens is 272 g/mol. The molecule has 0 aliphatic heterocycles. The fraction of sp³-hybridized carbons (Fsp3) is 0.500. The summed E-state index contributed by atoms with van der Waals surface area (Å²) in [6.07, 6.45) is 0. The summed E-state index contributed by atoms with van der Waals surface area (Å²) >= 11 is 0. The van der Waals surface area contributed by atoms with E-state index in [1.165, 1.54) is 6.07 Å². The van der Waals surface area contributed by atoms with E-state index in [0.717, 1.165) is 5.56 Å². The highest BCUT2D eigenvalue weighted by Gasteiger charge is 2.16. The maximum atomic E-state index is 10.7. The first-order valence-corrected chi connectivity index (χ1v) is 6.61. The minimum atomic E-state index is -0.405. The van der Waals surface area contributed by atoms with Gasteiger partial charge in [-0.2, -0.15) is 0 Å². The van der Waals surface area contributed by atoms with E-state index < -0.39 is 4.92 Å². The topological polar surface area (TPSA) is 88.8 Å².